The van der Waals surface area contributed by atoms with E-state index in [0.717, 1.165) is 40.0 Å². The van der Waals surface area contributed by atoms with E-state index in [9.17, 15) is 4.79 Å². The van der Waals surface area contributed by atoms with Gasteiger partial charge in [-0.3, -0.25) is 9.36 Å². The van der Waals surface area contributed by atoms with Gasteiger partial charge in [0.15, 0.2) is 16.1 Å². The maximum atomic E-state index is 12.6. The van der Waals surface area contributed by atoms with E-state index in [1.54, 1.807) is 11.3 Å². The molecule has 0 unspecified atom stereocenters. The number of hydrogen-bond acceptors (Lipinski definition) is 7. The van der Waals surface area contributed by atoms with E-state index >= 15 is 0 Å². The molecular weight excluding hydrogens is 458 g/mol. The number of thiazole rings is 1. The molecule has 1 aliphatic rings. The molecule has 0 aliphatic heterocycles. The summed E-state index contributed by atoms with van der Waals surface area (Å²) in [5, 5.41) is 17.2. The second-order valence-electron chi connectivity index (χ2n) is 8.01. The molecule has 1 aliphatic carbocycles. The van der Waals surface area contributed by atoms with E-state index in [0.29, 0.717) is 11.2 Å². The van der Waals surface area contributed by atoms with Crippen molar-refractivity contribution in [3.8, 4) is 22.0 Å². The molecule has 1 aromatic carbocycles. The van der Waals surface area contributed by atoms with Crippen molar-refractivity contribution in [1.29, 1.82) is 0 Å². The van der Waals surface area contributed by atoms with Crippen molar-refractivity contribution in [3.05, 3.63) is 51.7 Å². The summed E-state index contributed by atoms with van der Waals surface area (Å²) < 4.78 is 2.19. The average molecular weight is 482 g/mol. The maximum Gasteiger partial charge on any atom is 0.236 e. The van der Waals surface area contributed by atoms with Crippen LogP contribution in [0.25, 0.3) is 22.0 Å². The lowest BCUT2D eigenvalue weighted by Crippen LogP contribution is -2.14. The van der Waals surface area contributed by atoms with Crippen molar-refractivity contribution in [2.24, 2.45) is 0 Å². The van der Waals surface area contributed by atoms with Crippen LogP contribution in [0.1, 0.15) is 35.6 Å². The number of nitrogens with one attached hydrogen (secondary N) is 1. The number of carbonyl (C=O) groups excluding carboxylic acids is 1. The number of rotatable bonds is 7. The predicted molar refractivity (Wildman–Crippen MR) is 133 cm³/mol. The summed E-state index contributed by atoms with van der Waals surface area (Å²) >= 11 is 4.54. The molecular formula is C23H23N5OS3. The average Bonchev–Trinajstić information content (AvgIpc) is 3.16. The monoisotopic (exact) mass is 481 g/mol. The second-order valence-corrected chi connectivity index (χ2v) is 10.8. The van der Waals surface area contributed by atoms with Crippen molar-refractivity contribution >= 4 is 45.5 Å². The van der Waals surface area contributed by atoms with E-state index in [1.807, 2.05) is 16.8 Å². The molecule has 5 rings (SSSR count). The highest BCUT2D eigenvalue weighted by Crippen LogP contribution is 2.41. The van der Waals surface area contributed by atoms with Gasteiger partial charge in [-0.2, -0.15) is 0 Å². The number of carbonyl (C=O) groups is 1. The first-order chi connectivity index (χ1) is 15.5. The number of amides is 1. The molecule has 3 aromatic heterocycles. The summed E-state index contributed by atoms with van der Waals surface area (Å²) in [4.78, 5) is 18.4. The zero-order valence-electron chi connectivity index (χ0n) is 18.1. The van der Waals surface area contributed by atoms with Crippen LogP contribution in [0.2, 0.25) is 0 Å². The molecule has 32 heavy (non-hydrogen) atoms. The zero-order valence-corrected chi connectivity index (χ0v) is 20.5. The van der Waals surface area contributed by atoms with Crippen molar-refractivity contribution < 1.29 is 4.79 Å². The molecule has 0 bridgehead atoms. The minimum atomic E-state index is -0.0873. The first-order valence-electron chi connectivity index (χ1n) is 10.4. The minimum absolute atomic E-state index is 0.0873. The minimum Gasteiger partial charge on any atom is -0.301 e. The van der Waals surface area contributed by atoms with Crippen LogP contribution >= 0.6 is 34.4 Å². The number of aromatic nitrogens is 4. The van der Waals surface area contributed by atoms with Crippen molar-refractivity contribution in [3.63, 3.8) is 0 Å². The Balaban J connectivity index is 1.26. The van der Waals surface area contributed by atoms with Gasteiger partial charge in [0.05, 0.1) is 16.3 Å². The van der Waals surface area contributed by atoms with Crippen molar-refractivity contribution in [1.82, 2.24) is 19.7 Å². The Morgan fingerprint density at radius 3 is 2.72 bits per heavy atom. The fourth-order valence-electron chi connectivity index (χ4n) is 3.59. The van der Waals surface area contributed by atoms with Gasteiger partial charge in [-0.1, -0.05) is 23.9 Å². The van der Waals surface area contributed by atoms with Crippen LogP contribution in [0, 0.1) is 20.8 Å². The number of hydrogen-bond donors (Lipinski definition) is 1. The van der Waals surface area contributed by atoms with Gasteiger partial charge in [0, 0.05) is 17.0 Å². The Labute approximate surface area is 199 Å². The van der Waals surface area contributed by atoms with Crippen LogP contribution in [0.15, 0.2) is 40.2 Å². The summed E-state index contributed by atoms with van der Waals surface area (Å²) in [7, 11) is 0. The highest BCUT2D eigenvalue weighted by Gasteiger charge is 2.30. The molecule has 9 heteroatoms. The van der Waals surface area contributed by atoms with Gasteiger partial charge in [0.2, 0.25) is 5.91 Å². The van der Waals surface area contributed by atoms with Crippen molar-refractivity contribution in [2.75, 3.05) is 11.1 Å². The number of aryl methyl sites for hydroxylation is 3. The first kappa shape index (κ1) is 21.4. The lowest BCUT2D eigenvalue weighted by molar-refractivity contribution is -0.113. The molecule has 1 amide bonds. The van der Waals surface area contributed by atoms with Gasteiger partial charge in [-0.25, -0.2) is 4.98 Å². The molecule has 4 aromatic rings. The normalized spacial score (nSPS) is 13.5. The van der Waals surface area contributed by atoms with Crippen LogP contribution < -0.4 is 5.32 Å². The predicted octanol–water partition coefficient (Wildman–Crippen LogP) is 6.12. The van der Waals surface area contributed by atoms with Gasteiger partial charge in [0.25, 0.3) is 0 Å². The molecule has 1 N–H and O–H groups in total. The first-order valence-corrected chi connectivity index (χ1v) is 13.2. The molecule has 1 saturated carbocycles. The molecule has 164 valence electrons. The summed E-state index contributed by atoms with van der Waals surface area (Å²) in [6.45, 7) is 6.31. The van der Waals surface area contributed by atoms with Crippen LogP contribution in [0.5, 0.6) is 0 Å². The van der Waals surface area contributed by atoms with Gasteiger partial charge < -0.3 is 5.32 Å². The molecule has 3 heterocycles. The molecule has 0 radical (unpaired) electrons. The molecule has 0 spiro atoms. The summed E-state index contributed by atoms with van der Waals surface area (Å²) in [5.41, 5.74) is 5.70. The highest BCUT2D eigenvalue weighted by molar-refractivity contribution is 7.99. The Morgan fingerprint density at radius 2 is 1.97 bits per heavy atom. The Bertz CT molecular complexity index is 1270. The highest BCUT2D eigenvalue weighted by atomic mass is 32.2. The van der Waals surface area contributed by atoms with E-state index in [2.05, 4.69) is 64.0 Å². The van der Waals surface area contributed by atoms with E-state index in [4.69, 9.17) is 0 Å². The summed E-state index contributed by atoms with van der Waals surface area (Å²) in [5.74, 6) is 1.09. The van der Waals surface area contributed by atoms with Crippen LogP contribution in [0.3, 0.4) is 0 Å². The molecule has 1 fully saturated rings. The Hall–Kier alpha value is -2.49. The SMILES string of the molecule is Cc1cc(C)c(-c2csc(NC(=O)CSc3nnc(-c4cccs4)n3C3CC3)n2)cc1C. The third-order valence-corrected chi connectivity index (χ3v) is 8.08. The Morgan fingerprint density at radius 1 is 1.16 bits per heavy atom. The van der Waals surface area contributed by atoms with Gasteiger partial charge in [0.1, 0.15) is 0 Å². The number of benzene rings is 1. The van der Waals surface area contributed by atoms with Crippen molar-refractivity contribution in [2.45, 2.75) is 44.8 Å². The molecule has 0 saturated heterocycles. The van der Waals surface area contributed by atoms with Crippen LogP contribution in [-0.2, 0) is 4.79 Å². The van der Waals surface area contributed by atoms with E-state index in [1.165, 1.54) is 39.8 Å². The smallest absolute Gasteiger partial charge is 0.236 e. The quantitative estimate of drug-likeness (QED) is 0.322. The van der Waals surface area contributed by atoms with Crippen LogP contribution in [0.4, 0.5) is 5.13 Å². The zero-order chi connectivity index (χ0) is 22.2. The summed E-state index contributed by atoms with van der Waals surface area (Å²) in [6, 6.07) is 8.87. The maximum absolute atomic E-state index is 12.6. The standard InChI is InChI=1S/C23H23N5OS3/c1-13-9-15(3)17(10-14(13)2)18-11-31-22(24-18)25-20(29)12-32-23-27-26-21(19-5-4-8-30-19)28(23)16-6-7-16/h4-5,8-11,16H,6-7,12H2,1-3H3,(H,24,25,29). The fraction of sp³-hybridized carbons (Fsp3) is 0.304. The Kier molecular flexibility index (Phi) is 5.88. The largest absolute Gasteiger partial charge is 0.301 e. The van der Waals surface area contributed by atoms with E-state index < -0.39 is 0 Å². The van der Waals surface area contributed by atoms with Gasteiger partial charge in [-0.15, -0.1) is 32.9 Å². The van der Waals surface area contributed by atoms with E-state index in [-0.39, 0.29) is 11.7 Å². The number of thioether (sulfide) groups is 1. The lowest BCUT2D eigenvalue weighted by Gasteiger charge is -2.08. The topological polar surface area (TPSA) is 72.7 Å². The third kappa shape index (κ3) is 4.37. The fourth-order valence-corrected chi connectivity index (χ4v) is 5.83. The molecule has 6 nitrogen and oxygen atoms in total. The third-order valence-electron chi connectivity index (χ3n) is 5.52. The number of anilines is 1. The number of thiophene rings is 1. The van der Waals surface area contributed by atoms with Gasteiger partial charge >= 0.3 is 0 Å². The molecule has 0 atom stereocenters. The number of nitrogens with zero attached hydrogens (tertiary/aromatic N) is 4. The second kappa shape index (κ2) is 8.80. The summed E-state index contributed by atoms with van der Waals surface area (Å²) in [6.07, 6.45) is 2.27. The van der Waals surface area contributed by atoms with Crippen LogP contribution in [-0.4, -0.2) is 31.4 Å². The lowest BCUT2D eigenvalue weighted by atomic mass is 9.99. The van der Waals surface area contributed by atoms with Gasteiger partial charge in [-0.05, 0) is 67.8 Å².